The number of benzene rings is 1. The van der Waals surface area contributed by atoms with Gasteiger partial charge in [0.1, 0.15) is 0 Å². The van der Waals surface area contributed by atoms with Crippen LogP contribution in [0.15, 0.2) is 22.7 Å². The fourth-order valence-electron chi connectivity index (χ4n) is 2.49. The van der Waals surface area contributed by atoms with Gasteiger partial charge < -0.3 is 10.1 Å². The van der Waals surface area contributed by atoms with Crippen LogP contribution in [0.2, 0.25) is 0 Å². The number of hydrogen-bond donors (Lipinski definition) is 1. The number of hydrogen-bond acceptors (Lipinski definition) is 2. The monoisotopic (exact) mass is 311 g/mol. The molecule has 18 heavy (non-hydrogen) atoms. The lowest BCUT2D eigenvalue weighted by Crippen LogP contribution is -2.22. The van der Waals surface area contributed by atoms with Crippen molar-refractivity contribution in [2.75, 3.05) is 13.2 Å². The molecule has 2 nitrogen and oxygen atoms in total. The van der Waals surface area contributed by atoms with E-state index in [1.807, 2.05) is 0 Å². The van der Waals surface area contributed by atoms with Crippen molar-refractivity contribution in [3.63, 3.8) is 0 Å². The van der Waals surface area contributed by atoms with Crippen LogP contribution >= 0.6 is 15.9 Å². The van der Waals surface area contributed by atoms with Crippen LogP contribution in [0.1, 0.15) is 43.9 Å². The van der Waals surface area contributed by atoms with Gasteiger partial charge in [0, 0.05) is 17.1 Å². The van der Waals surface area contributed by atoms with E-state index in [1.165, 1.54) is 28.4 Å². The molecule has 1 N–H and O–H groups in total. The summed E-state index contributed by atoms with van der Waals surface area (Å²) in [5, 5.41) is 3.64. The highest BCUT2D eigenvalue weighted by Gasteiger charge is 2.22. The Morgan fingerprint density at radius 3 is 3.06 bits per heavy atom. The molecule has 0 spiro atoms. The number of ether oxygens (including phenoxy) is 1. The molecule has 0 saturated heterocycles. The molecule has 0 bridgehead atoms. The van der Waals surface area contributed by atoms with Crippen molar-refractivity contribution in [3.8, 4) is 0 Å². The van der Waals surface area contributed by atoms with E-state index in [-0.39, 0.29) is 0 Å². The first-order valence-electron chi connectivity index (χ1n) is 6.80. The average Bonchev–Trinajstić information content (AvgIpc) is 2.73. The molecule has 1 aliphatic rings. The number of nitrogens with one attached hydrogen (secondary N) is 1. The van der Waals surface area contributed by atoms with Gasteiger partial charge in [0.15, 0.2) is 0 Å². The topological polar surface area (TPSA) is 21.3 Å². The van der Waals surface area contributed by atoms with Crippen LogP contribution in [0.25, 0.3) is 0 Å². The van der Waals surface area contributed by atoms with Gasteiger partial charge >= 0.3 is 0 Å². The van der Waals surface area contributed by atoms with Crippen LogP contribution in [-0.2, 0) is 11.2 Å². The fourth-order valence-corrected chi connectivity index (χ4v) is 3.07. The van der Waals surface area contributed by atoms with E-state index in [9.17, 15) is 0 Å². The number of halogens is 1. The summed E-state index contributed by atoms with van der Waals surface area (Å²) < 4.78 is 6.80. The Labute approximate surface area is 118 Å². The molecular weight excluding hydrogens is 290 g/mol. The maximum atomic E-state index is 5.55. The molecule has 1 aromatic carbocycles. The lowest BCUT2D eigenvalue weighted by molar-refractivity contribution is 0.0767. The van der Waals surface area contributed by atoms with Crippen molar-refractivity contribution in [3.05, 3.63) is 33.8 Å². The summed E-state index contributed by atoms with van der Waals surface area (Å²) in [6, 6.07) is 7.04. The Hall–Kier alpha value is -0.380. The smallest absolute Gasteiger partial charge is 0.0518 e. The largest absolute Gasteiger partial charge is 0.379 e. The minimum absolute atomic E-state index is 0.341. The van der Waals surface area contributed by atoms with E-state index < -0.39 is 0 Å². The summed E-state index contributed by atoms with van der Waals surface area (Å²) in [6.07, 6.45) is 3.81. The van der Waals surface area contributed by atoms with Crippen molar-refractivity contribution in [1.29, 1.82) is 0 Å². The van der Waals surface area contributed by atoms with Crippen molar-refractivity contribution < 1.29 is 4.74 Å². The van der Waals surface area contributed by atoms with Crippen molar-refractivity contribution in [1.82, 2.24) is 5.32 Å². The molecule has 0 aromatic heterocycles. The van der Waals surface area contributed by atoms with E-state index in [0.29, 0.717) is 12.1 Å². The molecule has 0 amide bonds. The first-order chi connectivity index (χ1) is 8.68. The maximum absolute atomic E-state index is 5.55. The number of fused-ring (bicyclic) bond motifs is 1. The highest BCUT2D eigenvalue weighted by atomic mass is 79.9. The first-order valence-corrected chi connectivity index (χ1v) is 7.60. The first kappa shape index (κ1) is 14.0. The van der Waals surface area contributed by atoms with Gasteiger partial charge in [-0.3, -0.25) is 0 Å². The van der Waals surface area contributed by atoms with E-state index >= 15 is 0 Å². The molecule has 1 aliphatic carbocycles. The average molecular weight is 312 g/mol. The van der Waals surface area contributed by atoms with E-state index in [1.54, 1.807) is 0 Å². The molecule has 0 fully saturated rings. The van der Waals surface area contributed by atoms with Gasteiger partial charge in [0.2, 0.25) is 0 Å². The third-order valence-electron chi connectivity index (χ3n) is 3.38. The van der Waals surface area contributed by atoms with Gasteiger partial charge in [-0.15, -0.1) is 0 Å². The Morgan fingerprint density at radius 2 is 2.28 bits per heavy atom. The maximum Gasteiger partial charge on any atom is 0.0518 e. The minimum atomic E-state index is 0.341. The molecule has 3 heteroatoms. The third kappa shape index (κ3) is 3.56. The lowest BCUT2D eigenvalue weighted by Gasteiger charge is -2.14. The van der Waals surface area contributed by atoms with Crippen LogP contribution < -0.4 is 5.32 Å². The van der Waals surface area contributed by atoms with Crippen molar-refractivity contribution in [2.45, 2.75) is 45.3 Å². The van der Waals surface area contributed by atoms with Gasteiger partial charge in [-0.1, -0.05) is 28.1 Å². The van der Waals surface area contributed by atoms with Crippen LogP contribution in [0.4, 0.5) is 0 Å². The highest BCUT2D eigenvalue weighted by Crippen LogP contribution is 2.35. The molecule has 0 aliphatic heterocycles. The Balaban J connectivity index is 1.78. The second-order valence-electron chi connectivity index (χ2n) is 5.13. The summed E-state index contributed by atoms with van der Waals surface area (Å²) in [5.41, 5.74) is 2.95. The van der Waals surface area contributed by atoms with Gasteiger partial charge in [-0.2, -0.15) is 0 Å². The van der Waals surface area contributed by atoms with E-state index in [2.05, 4.69) is 53.3 Å². The Morgan fingerprint density at radius 1 is 1.44 bits per heavy atom. The van der Waals surface area contributed by atoms with Crippen LogP contribution in [0, 0.1) is 0 Å². The predicted molar refractivity (Wildman–Crippen MR) is 78.9 cm³/mol. The quantitative estimate of drug-likeness (QED) is 0.806. The standard InChI is InChI=1S/C15H22BrNO/c1-11(2)18-10-4-9-17-15-8-7-12-13(15)5-3-6-14(12)16/h3,5-6,11,15,17H,4,7-10H2,1-2H3. The Kier molecular flexibility index (Phi) is 5.22. The lowest BCUT2D eigenvalue weighted by atomic mass is 10.1. The molecule has 2 rings (SSSR count). The molecule has 1 aromatic rings. The summed E-state index contributed by atoms with van der Waals surface area (Å²) in [4.78, 5) is 0. The van der Waals surface area contributed by atoms with Crippen LogP contribution in [-0.4, -0.2) is 19.3 Å². The SMILES string of the molecule is CC(C)OCCCNC1CCc2c(Br)cccc21. The molecule has 1 atom stereocenters. The zero-order valence-corrected chi connectivity index (χ0v) is 12.8. The third-order valence-corrected chi connectivity index (χ3v) is 4.12. The van der Waals surface area contributed by atoms with E-state index in [0.717, 1.165) is 19.6 Å². The van der Waals surface area contributed by atoms with Crippen LogP contribution in [0.3, 0.4) is 0 Å². The minimum Gasteiger partial charge on any atom is -0.379 e. The molecule has 0 radical (unpaired) electrons. The normalized spacial score (nSPS) is 18.3. The van der Waals surface area contributed by atoms with Crippen molar-refractivity contribution >= 4 is 15.9 Å². The van der Waals surface area contributed by atoms with Gasteiger partial charge in [-0.05, 0) is 56.8 Å². The predicted octanol–water partition coefficient (Wildman–Crippen LogP) is 3.84. The zero-order valence-electron chi connectivity index (χ0n) is 11.2. The Bertz CT molecular complexity index is 392. The van der Waals surface area contributed by atoms with Crippen LogP contribution in [0.5, 0.6) is 0 Å². The molecule has 1 unspecified atom stereocenters. The fraction of sp³-hybridized carbons (Fsp3) is 0.600. The van der Waals surface area contributed by atoms with Gasteiger partial charge in [0.05, 0.1) is 6.10 Å². The molecule has 0 saturated carbocycles. The summed E-state index contributed by atoms with van der Waals surface area (Å²) >= 11 is 3.64. The number of rotatable bonds is 6. The summed E-state index contributed by atoms with van der Waals surface area (Å²) in [5.74, 6) is 0. The highest BCUT2D eigenvalue weighted by molar-refractivity contribution is 9.10. The second kappa shape index (κ2) is 6.69. The van der Waals surface area contributed by atoms with E-state index in [4.69, 9.17) is 4.74 Å². The molecular formula is C15H22BrNO. The zero-order chi connectivity index (χ0) is 13.0. The molecule has 100 valence electrons. The second-order valence-corrected chi connectivity index (χ2v) is 5.98. The molecule has 0 heterocycles. The summed E-state index contributed by atoms with van der Waals surface area (Å²) in [6.45, 7) is 6.04. The van der Waals surface area contributed by atoms with Gasteiger partial charge in [-0.25, -0.2) is 0 Å². The van der Waals surface area contributed by atoms with Gasteiger partial charge in [0.25, 0.3) is 0 Å². The summed E-state index contributed by atoms with van der Waals surface area (Å²) in [7, 11) is 0. The van der Waals surface area contributed by atoms with Crippen molar-refractivity contribution in [2.24, 2.45) is 0 Å².